The van der Waals surface area contributed by atoms with Crippen LogP contribution in [0.2, 0.25) is 0 Å². The summed E-state index contributed by atoms with van der Waals surface area (Å²) < 4.78 is 32.9. The Hall–Kier alpha value is -2.46. The van der Waals surface area contributed by atoms with Crippen LogP contribution in [0, 0.1) is 34.6 Å². The molecular weight excluding hydrogens is 434 g/mol. The average molecular weight is 468 g/mol. The van der Waals surface area contributed by atoms with E-state index in [2.05, 4.69) is 15.4 Å². The molecular formula is C22H33N3O6S. The zero-order valence-electron chi connectivity index (χ0n) is 19.4. The Bertz CT molecular complexity index is 968. The average Bonchev–Trinajstić information content (AvgIpc) is 3.21. The van der Waals surface area contributed by atoms with E-state index >= 15 is 0 Å². The van der Waals surface area contributed by atoms with Gasteiger partial charge in [-0.15, -0.1) is 0 Å². The van der Waals surface area contributed by atoms with Crippen LogP contribution in [-0.4, -0.2) is 45.5 Å². The lowest BCUT2D eigenvalue weighted by molar-refractivity contribution is -0.148. The molecule has 3 N–H and O–H groups in total. The van der Waals surface area contributed by atoms with E-state index in [1.807, 2.05) is 20.8 Å². The fourth-order valence-corrected chi connectivity index (χ4v) is 5.53. The van der Waals surface area contributed by atoms with E-state index in [9.17, 15) is 22.8 Å². The van der Waals surface area contributed by atoms with Crippen LogP contribution in [0.15, 0.2) is 4.90 Å². The van der Waals surface area contributed by atoms with Gasteiger partial charge in [0.25, 0.3) is 5.91 Å². The van der Waals surface area contributed by atoms with Crippen LogP contribution in [0.5, 0.6) is 0 Å². The van der Waals surface area contributed by atoms with Crippen LogP contribution < -0.4 is 15.4 Å². The Morgan fingerprint density at radius 2 is 1.44 bits per heavy atom. The van der Waals surface area contributed by atoms with Crippen molar-refractivity contribution in [2.75, 3.05) is 13.2 Å². The molecule has 0 atom stereocenters. The number of carbonyl (C=O) groups is 3. The van der Waals surface area contributed by atoms with Gasteiger partial charge in [0.05, 0.1) is 11.3 Å². The van der Waals surface area contributed by atoms with E-state index in [-0.39, 0.29) is 23.9 Å². The molecule has 178 valence electrons. The molecule has 1 saturated carbocycles. The van der Waals surface area contributed by atoms with E-state index in [1.165, 1.54) is 0 Å². The number of nitrogens with one attached hydrogen (secondary N) is 3. The van der Waals surface area contributed by atoms with Gasteiger partial charge < -0.3 is 10.1 Å². The highest BCUT2D eigenvalue weighted by molar-refractivity contribution is 7.89. The molecule has 32 heavy (non-hydrogen) atoms. The zero-order chi connectivity index (χ0) is 24.1. The van der Waals surface area contributed by atoms with Gasteiger partial charge in [0.1, 0.15) is 0 Å². The van der Waals surface area contributed by atoms with Crippen molar-refractivity contribution in [2.45, 2.75) is 77.7 Å². The molecule has 0 unspecified atom stereocenters. The second-order valence-corrected chi connectivity index (χ2v) is 9.97. The molecule has 0 radical (unpaired) electrons. The minimum Gasteiger partial charge on any atom is -0.456 e. The first-order valence-electron chi connectivity index (χ1n) is 10.8. The van der Waals surface area contributed by atoms with Gasteiger partial charge in [0, 0.05) is 12.6 Å². The highest BCUT2D eigenvalue weighted by Crippen LogP contribution is 2.29. The fourth-order valence-electron chi connectivity index (χ4n) is 3.90. The van der Waals surface area contributed by atoms with Crippen molar-refractivity contribution in [3.8, 4) is 0 Å². The molecule has 0 aromatic heterocycles. The minimum atomic E-state index is -3.83. The van der Waals surface area contributed by atoms with E-state index < -0.39 is 34.5 Å². The lowest BCUT2D eigenvalue weighted by atomic mass is 9.95. The predicted molar refractivity (Wildman–Crippen MR) is 120 cm³/mol. The van der Waals surface area contributed by atoms with E-state index in [4.69, 9.17) is 4.74 Å². The van der Waals surface area contributed by atoms with E-state index in [0.717, 1.165) is 42.4 Å². The third kappa shape index (κ3) is 6.52. The Labute approximate surface area is 189 Å². The first kappa shape index (κ1) is 25.8. The van der Waals surface area contributed by atoms with Gasteiger partial charge in [-0.2, -0.15) is 0 Å². The Morgan fingerprint density at radius 1 is 0.906 bits per heavy atom. The third-order valence-corrected chi connectivity index (χ3v) is 7.86. The molecule has 3 amide bonds. The summed E-state index contributed by atoms with van der Waals surface area (Å²) in [6.45, 7) is 8.46. The summed E-state index contributed by atoms with van der Waals surface area (Å²) in [6.07, 6.45) is 3.61. The van der Waals surface area contributed by atoms with Crippen LogP contribution in [-0.2, 0) is 24.3 Å². The van der Waals surface area contributed by atoms with Gasteiger partial charge in [-0.1, -0.05) is 12.8 Å². The number of imide groups is 1. The minimum absolute atomic E-state index is 0.0618. The maximum absolute atomic E-state index is 12.8. The molecule has 0 bridgehead atoms. The van der Waals surface area contributed by atoms with Crippen LogP contribution in [0.4, 0.5) is 4.79 Å². The quantitative estimate of drug-likeness (QED) is 0.503. The summed E-state index contributed by atoms with van der Waals surface area (Å²) in [7, 11) is -3.83. The van der Waals surface area contributed by atoms with Gasteiger partial charge in [0.2, 0.25) is 10.0 Å². The number of amides is 3. The van der Waals surface area contributed by atoms with E-state index in [1.54, 1.807) is 13.8 Å². The molecule has 1 fully saturated rings. The lowest BCUT2D eigenvalue weighted by Gasteiger charge is -2.19. The summed E-state index contributed by atoms with van der Waals surface area (Å²) in [4.78, 5) is 35.6. The molecule has 1 aromatic carbocycles. The molecule has 1 aliphatic carbocycles. The van der Waals surface area contributed by atoms with Gasteiger partial charge in [-0.05, 0) is 75.3 Å². The summed E-state index contributed by atoms with van der Waals surface area (Å²) in [5.41, 5.74) is 4.23. The first-order valence-corrected chi connectivity index (χ1v) is 12.2. The van der Waals surface area contributed by atoms with Gasteiger partial charge >= 0.3 is 12.0 Å². The van der Waals surface area contributed by atoms with Crippen LogP contribution in [0.25, 0.3) is 0 Å². The summed E-state index contributed by atoms with van der Waals surface area (Å²) >= 11 is 0. The van der Waals surface area contributed by atoms with Crippen molar-refractivity contribution in [1.29, 1.82) is 0 Å². The maximum Gasteiger partial charge on any atom is 0.321 e. The zero-order valence-corrected chi connectivity index (χ0v) is 20.2. The number of sulfonamides is 1. The molecule has 0 spiro atoms. The monoisotopic (exact) mass is 467 g/mol. The number of urea groups is 1. The number of carbonyl (C=O) groups excluding carboxylic acids is 3. The molecule has 10 heteroatoms. The molecule has 1 aliphatic rings. The highest BCUT2D eigenvalue weighted by atomic mass is 32.2. The lowest BCUT2D eigenvalue weighted by Crippen LogP contribution is -2.45. The second kappa shape index (κ2) is 10.9. The van der Waals surface area contributed by atoms with Gasteiger partial charge in [-0.25, -0.2) is 17.9 Å². The normalized spacial score (nSPS) is 14.3. The van der Waals surface area contributed by atoms with Gasteiger partial charge in [0.15, 0.2) is 6.61 Å². The van der Waals surface area contributed by atoms with Crippen molar-refractivity contribution >= 4 is 27.9 Å². The number of hydrogen-bond donors (Lipinski definition) is 3. The SMILES string of the molecule is Cc1c(C)c(C)c(S(=O)(=O)NCCC(=O)OCC(=O)NC(=O)NC2CCCC2)c(C)c1C. The van der Waals surface area contributed by atoms with Crippen molar-refractivity contribution in [3.05, 3.63) is 27.8 Å². The number of benzene rings is 1. The highest BCUT2D eigenvalue weighted by Gasteiger charge is 2.24. The standard InChI is InChI=1S/C22H33N3O6S/c1-13-14(2)16(4)21(17(5)15(13)3)32(29,30)23-11-10-20(27)31-12-19(26)25-22(28)24-18-8-6-7-9-18/h18,23H,6-12H2,1-5H3,(H2,24,25,26,28). The molecule has 0 saturated heterocycles. The molecule has 2 rings (SSSR count). The van der Waals surface area contributed by atoms with E-state index in [0.29, 0.717) is 11.1 Å². The number of ether oxygens (including phenoxy) is 1. The topological polar surface area (TPSA) is 131 Å². The Kier molecular flexibility index (Phi) is 8.80. The van der Waals surface area contributed by atoms with Crippen LogP contribution in [0.1, 0.15) is 59.9 Å². The van der Waals surface area contributed by atoms with Crippen molar-refractivity contribution in [1.82, 2.24) is 15.4 Å². The Balaban J connectivity index is 1.81. The molecule has 0 aliphatic heterocycles. The summed E-state index contributed by atoms with van der Waals surface area (Å²) in [5, 5.41) is 4.81. The number of rotatable bonds is 8. The van der Waals surface area contributed by atoms with Crippen molar-refractivity contribution in [2.24, 2.45) is 0 Å². The molecule has 9 nitrogen and oxygen atoms in total. The van der Waals surface area contributed by atoms with Crippen molar-refractivity contribution in [3.63, 3.8) is 0 Å². The predicted octanol–water partition coefficient (Wildman–Crippen LogP) is 2.21. The van der Waals surface area contributed by atoms with Crippen LogP contribution in [0.3, 0.4) is 0 Å². The summed E-state index contributed by atoms with van der Waals surface area (Å²) in [6, 6.07) is -0.549. The maximum atomic E-state index is 12.8. The second-order valence-electron chi connectivity index (χ2n) is 8.27. The summed E-state index contributed by atoms with van der Waals surface area (Å²) in [5.74, 6) is -1.49. The van der Waals surface area contributed by atoms with Gasteiger partial charge in [-0.3, -0.25) is 14.9 Å². The fraction of sp³-hybridized carbons (Fsp3) is 0.591. The number of esters is 1. The Morgan fingerprint density at radius 3 is 2.00 bits per heavy atom. The van der Waals surface area contributed by atoms with Crippen LogP contribution >= 0.6 is 0 Å². The third-order valence-electron chi connectivity index (χ3n) is 6.13. The number of hydrogen-bond acceptors (Lipinski definition) is 6. The largest absolute Gasteiger partial charge is 0.456 e. The smallest absolute Gasteiger partial charge is 0.321 e. The first-order chi connectivity index (χ1) is 14.9. The van der Waals surface area contributed by atoms with Crippen molar-refractivity contribution < 1.29 is 27.5 Å². The molecule has 0 heterocycles. The molecule has 1 aromatic rings.